The van der Waals surface area contributed by atoms with Crippen molar-refractivity contribution in [1.82, 2.24) is 9.91 Å². The molecule has 160 valence electrons. The van der Waals surface area contributed by atoms with Crippen molar-refractivity contribution in [2.45, 2.75) is 25.0 Å². The van der Waals surface area contributed by atoms with Crippen LogP contribution in [0.1, 0.15) is 12.8 Å². The highest BCUT2D eigenvalue weighted by Crippen LogP contribution is 2.29. The van der Waals surface area contributed by atoms with Crippen LogP contribution in [-0.2, 0) is 4.74 Å². The Labute approximate surface area is 175 Å². The van der Waals surface area contributed by atoms with Crippen LogP contribution in [0.2, 0.25) is 0 Å². The standard InChI is InChI=1S/C20H27N7O3/c1-29-15-4-2-3-14(9-15)25-19-18-13(5-8-27(18)24-12-23-19)10-26-7-6-16(21)17(11-26)30-20(22)28/h2-4,9,12,16-17H,5-8,10-11,21H2,1H3,(H2,22,28)(H,23,24,25)/t16-,17+/m1/s1. The number of carbonyl (C=O) groups excluding carboxylic acids is 1. The summed E-state index contributed by atoms with van der Waals surface area (Å²) < 4.78 is 10.5. The number of likely N-dealkylation sites (tertiary alicyclic amines) is 1. The molecule has 0 aromatic heterocycles. The Kier molecular flexibility index (Phi) is 5.86. The number of aliphatic imine (C=N–C) groups is 1. The molecule has 1 saturated heterocycles. The highest BCUT2D eigenvalue weighted by molar-refractivity contribution is 6.12. The van der Waals surface area contributed by atoms with Gasteiger partial charge in [0.25, 0.3) is 0 Å². The Bertz CT molecular complexity index is 898. The normalized spacial score (nSPS) is 23.8. The van der Waals surface area contributed by atoms with Gasteiger partial charge >= 0.3 is 6.09 Å². The van der Waals surface area contributed by atoms with Crippen molar-refractivity contribution in [3.8, 4) is 5.75 Å². The first-order chi connectivity index (χ1) is 14.5. The van der Waals surface area contributed by atoms with E-state index in [1.165, 1.54) is 5.57 Å². The van der Waals surface area contributed by atoms with Crippen LogP contribution in [-0.4, -0.2) is 73.6 Å². The average molecular weight is 413 g/mol. The lowest BCUT2D eigenvalue weighted by Crippen LogP contribution is -2.53. The van der Waals surface area contributed by atoms with Gasteiger partial charge in [-0.05, 0) is 30.5 Å². The van der Waals surface area contributed by atoms with Gasteiger partial charge in [-0.15, -0.1) is 0 Å². The summed E-state index contributed by atoms with van der Waals surface area (Å²) in [6, 6.07) is 7.52. The van der Waals surface area contributed by atoms with Crippen LogP contribution in [0.25, 0.3) is 0 Å². The zero-order chi connectivity index (χ0) is 21.1. The maximum atomic E-state index is 11.2. The van der Waals surface area contributed by atoms with Crippen LogP contribution < -0.4 is 21.5 Å². The second-order valence-corrected chi connectivity index (χ2v) is 7.55. The van der Waals surface area contributed by atoms with Crippen molar-refractivity contribution in [1.29, 1.82) is 0 Å². The van der Waals surface area contributed by atoms with Gasteiger partial charge in [-0.25, -0.2) is 9.79 Å². The maximum Gasteiger partial charge on any atom is 0.404 e. The Morgan fingerprint density at radius 3 is 3.03 bits per heavy atom. The van der Waals surface area contributed by atoms with Crippen molar-refractivity contribution in [2.24, 2.45) is 21.6 Å². The van der Waals surface area contributed by atoms with Crippen molar-refractivity contribution < 1.29 is 14.3 Å². The highest BCUT2D eigenvalue weighted by atomic mass is 16.6. The number of hydrogen-bond donors (Lipinski definition) is 3. The number of piperidine rings is 1. The number of hydrazone groups is 1. The number of carbonyl (C=O) groups is 1. The average Bonchev–Trinajstić information content (AvgIpc) is 3.14. The van der Waals surface area contributed by atoms with E-state index >= 15 is 0 Å². The summed E-state index contributed by atoms with van der Waals surface area (Å²) in [4.78, 5) is 17.9. The topological polar surface area (TPSA) is 131 Å². The molecule has 0 radical (unpaired) electrons. The van der Waals surface area contributed by atoms with Crippen LogP contribution in [0, 0.1) is 0 Å². The number of nitrogens with zero attached hydrogens (tertiary/aromatic N) is 4. The van der Waals surface area contributed by atoms with Crippen molar-refractivity contribution in [2.75, 3.05) is 38.6 Å². The molecule has 30 heavy (non-hydrogen) atoms. The minimum atomic E-state index is -0.787. The number of amides is 1. The predicted molar refractivity (Wildman–Crippen MR) is 114 cm³/mol. The van der Waals surface area contributed by atoms with Crippen LogP contribution in [0.5, 0.6) is 5.75 Å². The van der Waals surface area contributed by atoms with Gasteiger partial charge < -0.3 is 26.3 Å². The molecule has 0 aliphatic carbocycles. The van der Waals surface area contributed by atoms with Gasteiger partial charge in [0, 0.05) is 44.0 Å². The molecule has 5 N–H and O–H groups in total. The van der Waals surface area contributed by atoms with E-state index in [1.807, 2.05) is 29.3 Å². The summed E-state index contributed by atoms with van der Waals surface area (Å²) in [5.41, 5.74) is 14.4. The van der Waals surface area contributed by atoms with E-state index in [-0.39, 0.29) is 6.04 Å². The molecule has 2 atom stereocenters. The molecule has 0 unspecified atom stereocenters. The van der Waals surface area contributed by atoms with Gasteiger partial charge in [0.15, 0.2) is 5.84 Å². The zero-order valence-electron chi connectivity index (χ0n) is 17.0. The number of fused-ring (bicyclic) bond motifs is 1. The number of primary amides is 1. The molecule has 1 amide bonds. The van der Waals surface area contributed by atoms with Crippen LogP contribution in [0.15, 0.2) is 45.6 Å². The summed E-state index contributed by atoms with van der Waals surface area (Å²) >= 11 is 0. The number of benzene rings is 1. The third kappa shape index (κ3) is 4.39. The molecule has 0 saturated carbocycles. The van der Waals surface area contributed by atoms with E-state index < -0.39 is 12.2 Å². The molecule has 1 aromatic rings. The molecular formula is C20H27N7O3. The fourth-order valence-corrected chi connectivity index (χ4v) is 4.03. The summed E-state index contributed by atoms with van der Waals surface area (Å²) in [5.74, 6) is 1.53. The quantitative estimate of drug-likeness (QED) is 0.654. The molecule has 10 heteroatoms. The highest BCUT2D eigenvalue weighted by Gasteiger charge is 2.33. The molecule has 3 aliphatic heterocycles. The number of ether oxygens (including phenoxy) is 2. The van der Waals surface area contributed by atoms with Gasteiger partial charge in [0.1, 0.15) is 23.9 Å². The number of rotatable bonds is 5. The van der Waals surface area contributed by atoms with E-state index in [0.29, 0.717) is 6.54 Å². The lowest BCUT2D eigenvalue weighted by Gasteiger charge is -2.36. The van der Waals surface area contributed by atoms with Crippen LogP contribution >= 0.6 is 0 Å². The largest absolute Gasteiger partial charge is 0.497 e. The van der Waals surface area contributed by atoms with E-state index in [4.69, 9.17) is 20.9 Å². The lowest BCUT2D eigenvalue weighted by atomic mass is 10.0. The molecule has 10 nitrogen and oxygen atoms in total. The number of nitrogens with two attached hydrogens (primary N) is 2. The van der Waals surface area contributed by atoms with Gasteiger partial charge in [-0.2, -0.15) is 5.10 Å². The van der Waals surface area contributed by atoms with Crippen molar-refractivity contribution >= 4 is 24.0 Å². The minimum Gasteiger partial charge on any atom is -0.497 e. The monoisotopic (exact) mass is 413 g/mol. The first-order valence-electron chi connectivity index (χ1n) is 9.99. The van der Waals surface area contributed by atoms with Gasteiger partial charge in [-0.3, -0.25) is 9.91 Å². The summed E-state index contributed by atoms with van der Waals surface area (Å²) in [6.07, 6.45) is 2.00. The van der Waals surface area contributed by atoms with Gasteiger partial charge in [0.05, 0.1) is 7.11 Å². The molecule has 1 aromatic carbocycles. The Hall–Kier alpha value is -3.11. The first kappa shape index (κ1) is 20.2. The second-order valence-electron chi connectivity index (χ2n) is 7.55. The van der Waals surface area contributed by atoms with E-state index in [2.05, 4.69) is 20.3 Å². The van der Waals surface area contributed by atoms with E-state index in [1.54, 1.807) is 13.4 Å². The predicted octanol–water partition coefficient (Wildman–Crippen LogP) is 0.919. The molecule has 0 spiro atoms. The fraction of sp³-hybridized carbons (Fsp3) is 0.450. The van der Waals surface area contributed by atoms with Gasteiger partial charge in [-0.1, -0.05) is 6.07 Å². The zero-order valence-corrected chi connectivity index (χ0v) is 17.0. The third-order valence-electron chi connectivity index (χ3n) is 5.53. The van der Waals surface area contributed by atoms with E-state index in [0.717, 1.165) is 55.4 Å². The van der Waals surface area contributed by atoms with Crippen molar-refractivity contribution in [3.63, 3.8) is 0 Å². The van der Waals surface area contributed by atoms with Crippen molar-refractivity contribution in [3.05, 3.63) is 35.5 Å². The molecule has 0 bridgehead atoms. The fourth-order valence-electron chi connectivity index (χ4n) is 4.03. The summed E-state index contributed by atoms with van der Waals surface area (Å²) in [5, 5.41) is 9.76. The Morgan fingerprint density at radius 1 is 1.37 bits per heavy atom. The smallest absolute Gasteiger partial charge is 0.404 e. The molecule has 3 heterocycles. The molecule has 1 fully saturated rings. The first-order valence-corrected chi connectivity index (χ1v) is 9.99. The number of methoxy groups -OCH3 is 1. The second kappa shape index (κ2) is 8.72. The summed E-state index contributed by atoms with van der Waals surface area (Å²) in [6.45, 7) is 2.91. The number of nitrogens with one attached hydrogen (secondary N) is 1. The minimum absolute atomic E-state index is 0.197. The maximum absolute atomic E-state index is 11.2. The van der Waals surface area contributed by atoms with Crippen LogP contribution in [0.4, 0.5) is 10.5 Å². The lowest BCUT2D eigenvalue weighted by molar-refractivity contribution is 0.0369. The number of hydrogen-bond acceptors (Lipinski definition) is 9. The number of amidine groups is 1. The SMILES string of the molecule is COc1cccc(NC2=NC=NN3CCC(CN4CC[C@@H](N)[C@@H](OC(N)=O)C4)=C23)c1. The Balaban J connectivity index is 1.51. The molecular weight excluding hydrogens is 386 g/mol. The number of anilines is 1. The molecule has 3 aliphatic rings. The third-order valence-corrected chi connectivity index (χ3v) is 5.53. The van der Waals surface area contributed by atoms with Gasteiger partial charge in [0.2, 0.25) is 0 Å². The molecule has 4 rings (SSSR count). The van der Waals surface area contributed by atoms with E-state index in [9.17, 15) is 4.79 Å². The summed E-state index contributed by atoms with van der Waals surface area (Å²) in [7, 11) is 1.64. The van der Waals surface area contributed by atoms with Crippen LogP contribution in [0.3, 0.4) is 0 Å². The Morgan fingerprint density at radius 2 is 2.23 bits per heavy atom.